The average molecular weight is 447 g/mol. The number of amides is 2. The molecule has 0 atom stereocenters. The van der Waals surface area contributed by atoms with Crippen molar-refractivity contribution in [3.63, 3.8) is 0 Å². The number of carbonyl (C=O) groups excluding carboxylic acids is 2. The molecule has 0 aliphatic carbocycles. The van der Waals surface area contributed by atoms with Crippen LogP contribution in [-0.2, 0) is 16.1 Å². The summed E-state index contributed by atoms with van der Waals surface area (Å²) < 4.78 is 13.0. The summed E-state index contributed by atoms with van der Waals surface area (Å²) in [6.45, 7) is 6.62. The van der Waals surface area contributed by atoms with Gasteiger partial charge in [-0.3, -0.25) is 9.59 Å². The van der Waals surface area contributed by atoms with Gasteiger partial charge in [0.1, 0.15) is 22.0 Å². The van der Waals surface area contributed by atoms with Gasteiger partial charge in [0, 0.05) is 23.4 Å². The van der Waals surface area contributed by atoms with Crippen LogP contribution in [0.2, 0.25) is 0 Å². The van der Waals surface area contributed by atoms with Crippen LogP contribution in [0.1, 0.15) is 22.9 Å². The lowest BCUT2D eigenvalue weighted by Gasteiger charge is -2.20. The van der Waals surface area contributed by atoms with E-state index in [1.54, 1.807) is 23.5 Å². The van der Waals surface area contributed by atoms with E-state index in [2.05, 4.69) is 15.3 Å². The fourth-order valence-corrected chi connectivity index (χ4v) is 4.91. The van der Waals surface area contributed by atoms with E-state index in [1.165, 1.54) is 40.0 Å². The third kappa shape index (κ3) is 5.34. The van der Waals surface area contributed by atoms with Gasteiger partial charge < -0.3 is 10.2 Å². The molecule has 0 saturated heterocycles. The molecule has 0 aliphatic heterocycles. The number of likely N-dealkylation sites (N-methyl/N-ethyl adjacent to an activating group) is 1. The number of aromatic nitrogens is 2. The van der Waals surface area contributed by atoms with Gasteiger partial charge in [0.25, 0.3) is 0 Å². The van der Waals surface area contributed by atoms with Crippen molar-refractivity contribution in [2.75, 3.05) is 18.8 Å². The van der Waals surface area contributed by atoms with Crippen LogP contribution >= 0.6 is 23.1 Å². The molecule has 3 rings (SSSR count). The Morgan fingerprint density at radius 1 is 1.20 bits per heavy atom. The second-order valence-corrected chi connectivity index (χ2v) is 8.91. The molecule has 2 amide bonds. The quantitative estimate of drug-likeness (QED) is 0.422. The van der Waals surface area contributed by atoms with Crippen LogP contribution in [0.5, 0.6) is 0 Å². The molecule has 0 unspecified atom stereocenters. The summed E-state index contributed by atoms with van der Waals surface area (Å²) in [4.78, 5) is 37.2. The first-order valence-corrected chi connectivity index (χ1v) is 11.3. The number of halogens is 1. The van der Waals surface area contributed by atoms with Gasteiger partial charge in [-0.2, -0.15) is 0 Å². The minimum atomic E-state index is -0.320. The van der Waals surface area contributed by atoms with E-state index in [9.17, 15) is 14.0 Å². The van der Waals surface area contributed by atoms with Crippen LogP contribution in [0.4, 0.5) is 4.39 Å². The molecule has 30 heavy (non-hydrogen) atoms. The number of hydrogen-bond acceptors (Lipinski definition) is 6. The summed E-state index contributed by atoms with van der Waals surface area (Å²) in [7, 11) is 0. The maximum atomic E-state index is 13.0. The molecular formula is C21H23FN4O2S2. The predicted molar refractivity (Wildman–Crippen MR) is 118 cm³/mol. The Kier molecular flexibility index (Phi) is 7.38. The van der Waals surface area contributed by atoms with Crippen molar-refractivity contribution >= 4 is 45.1 Å². The van der Waals surface area contributed by atoms with Gasteiger partial charge >= 0.3 is 0 Å². The van der Waals surface area contributed by atoms with Crippen LogP contribution in [0, 0.1) is 19.7 Å². The zero-order chi connectivity index (χ0) is 21.7. The van der Waals surface area contributed by atoms with Crippen LogP contribution in [0.15, 0.2) is 35.6 Å². The number of benzene rings is 1. The fraction of sp³-hybridized carbons (Fsp3) is 0.333. The van der Waals surface area contributed by atoms with Gasteiger partial charge in [-0.1, -0.05) is 23.9 Å². The van der Waals surface area contributed by atoms with Crippen molar-refractivity contribution in [1.29, 1.82) is 0 Å². The van der Waals surface area contributed by atoms with Gasteiger partial charge in [0.15, 0.2) is 0 Å². The first-order valence-electron chi connectivity index (χ1n) is 9.51. The Balaban J connectivity index is 1.56. The van der Waals surface area contributed by atoms with Gasteiger partial charge in [-0.05, 0) is 44.0 Å². The second-order valence-electron chi connectivity index (χ2n) is 6.74. The molecule has 9 heteroatoms. The zero-order valence-electron chi connectivity index (χ0n) is 17.1. The summed E-state index contributed by atoms with van der Waals surface area (Å²) in [6.07, 6.45) is 1.52. The number of aryl methyl sites for hydroxylation is 2. The van der Waals surface area contributed by atoms with Crippen molar-refractivity contribution in [2.24, 2.45) is 0 Å². The van der Waals surface area contributed by atoms with Gasteiger partial charge in [-0.15, -0.1) is 11.3 Å². The van der Waals surface area contributed by atoms with E-state index in [1.807, 2.05) is 20.8 Å². The van der Waals surface area contributed by atoms with Crippen molar-refractivity contribution < 1.29 is 14.0 Å². The summed E-state index contributed by atoms with van der Waals surface area (Å²) in [5.41, 5.74) is 1.93. The van der Waals surface area contributed by atoms with E-state index in [4.69, 9.17) is 0 Å². The fourth-order valence-electron chi connectivity index (χ4n) is 2.89. The van der Waals surface area contributed by atoms with Crippen LogP contribution in [0.25, 0.3) is 10.2 Å². The van der Waals surface area contributed by atoms with Crippen LogP contribution < -0.4 is 5.32 Å². The van der Waals surface area contributed by atoms with E-state index < -0.39 is 0 Å². The SMILES string of the molecule is CCN(CC(=O)NCc1ccc(F)cc1)C(=O)CSc1ncnc2sc(C)c(C)c12. The molecular weight excluding hydrogens is 423 g/mol. The lowest BCUT2D eigenvalue weighted by molar-refractivity contribution is -0.133. The highest BCUT2D eigenvalue weighted by atomic mass is 32.2. The molecule has 6 nitrogen and oxygen atoms in total. The van der Waals surface area contributed by atoms with E-state index in [0.29, 0.717) is 6.54 Å². The smallest absolute Gasteiger partial charge is 0.239 e. The van der Waals surface area contributed by atoms with Crippen LogP contribution in [-0.4, -0.2) is 45.5 Å². The summed E-state index contributed by atoms with van der Waals surface area (Å²) in [5.74, 6) is -0.511. The zero-order valence-corrected chi connectivity index (χ0v) is 18.7. The Morgan fingerprint density at radius 2 is 1.93 bits per heavy atom. The van der Waals surface area contributed by atoms with Crippen molar-refractivity contribution in [2.45, 2.75) is 32.3 Å². The van der Waals surface area contributed by atoms with Gasteiger partial charge in [0.05, 0.1) is 12.3 Å². The van der Waals surface area contributed by atoms with Gasteiger partial charge in [-0.25, -0.2) is 14.4 Å². The van der Waals surface area contributed by atoms with Crippen LogP contribution in [0.3, 0.4) is 0 Å². The number of carbonyl (C=O) groups is 2. The lowest BCUT2D eigenvalue weighted by atomic mass is 10.2. The molecule has 0 bridgehead atoms. The molecule has 158 valence electrons. The van der Waals surface area contributed by atoms with E-state index >= 15 is 0 Å². The Morgan fingerprint density at radius 3 is 2.63 bits per heavy atom. The molecule has 2 aromatic heterocycles. The summed E-state index contributed by atoms with van der Waals surface area (Å²) in [5, 5.41) is 4.55. The minimum absolute atomic E-state index is 0.0210. The van der Waals surface area contributed by atoms with E-state index in [0.717, 1.165) is 26.4 Å². The molecule has 2 heterocycles. The lowest BCUT2D eigenvalue weighted by Crippen LogP contribution is -2.41. The molecule has 0 fully saturated rings. The molecule has 0 aliphatic rings. The Labute approximate surface area is 182 Å². The highest BCUT2D eigenvalue weighted by Gasteiger charge is 2.18. The number of thiophene rings is 1. The largest absolute Gasteiger partial charge is 0.350 e. The molecule has 0 spiro atoms. The van der Waals surface area contributed by atoms with Crippen molar-refractivity contribution in [1.82, 2.24) is 20.2 Å². The standard InChI is InChI=1S/C21H23FN4O2S2/c1-4-26(10-17(27)23-9-15-5-7-16(22)8-6-15)18(28)11-29-20-19-13(2)14(3)30-21(19)25-12-24-20/h5-8,12H,4,9-11H2,1-3H3,(H,23,27). The monoisotopic (exact) mass is 446 g/mol. The average Bonchev–Trinajstić information content (AvgIpc) is 3.04. The van der Waals surface area contributed by atoms with E-state index in [-0.39, 0.29) is 36.5 Å². The normalized spacial score (nSPS) is 10.9. The topological polar surface area (TPSA) is 75.2 Å². The maximum absolute atomic E-state index is 13.0. The summed E-state index contributed by atoms with van der Waals surface area (Å²) in [6, 6.07) is 5.93. The number of thioether (sulfide) groups is 1. The molecule has 0 radical (unpaired) electrons. The first kappa shape index (κ1) is 22.2. The minimum Gasteiger partial charge on any atom is -0.350 e. The molecule has 3 aromatic rings. The Bertz CT molecular complexity index is 1050. The number of fused-ring (bicyclic) bond motifs is 1. The number of rotatable bonds is 8. The predicted octanol–water partition coefficient (Wildman–Crippen LogP) is 3.70. The summed E-state index contributed by atoms with van der Waals surface area (Å²) >= 11 is 2.98. The molecule has 0 saturated carbocycles. The molecule has 1 N–H and O–H groups in total. The van der Waals surface area contributed by atoms with Gasteiger partial charge in [0.2, 0.25) is 11.8 Å². The highest BCUT2D eigenvalue weighted by molar-refractivity contribution is 8.00. The number of nitrogens with one attached hydrogen (secondary N) is 1. The third-order valence-electron chi connectivity index (χ3n) is 4.73. The second kappa shape index (κ2) is 9.99. The first-order chi connectivity index (χ1) is 14.4. The molecule has 1 aromatic carbocycles. The highest BCUT2D eigenvalue weighted by Crippen LogP contribution is 2.34. The third-order valence-corrected chi connectivity index (χ3v) is 6.82. The van der Waals surface area contributed by atoms with Crippen molar-refractivity contribution in [3.05, 3.63) is 52.4 Å². The Hall–Kier alpha value is -2.52. The number of nitrogens with zero attached hydrogens (tertiary/aromatic N) is 3. The van der Waals surface area contributed by atoms with Crippen molar-refractivity contribution in [3.8, 4) is 0 Å². The number of hydrogen-bond donors (Lipinski definition) is 1. The maximum Gasteiger partial charge on any atom is 0.239 e.